The van der Waals surface area contributed by atoms with Crippen LogP contribution in [0, 0.1) is 0 Å². The maximum absolute atomic E-state index is 12.5. The van der Waals surface area contributed by atoms with Crippen LogP contribution in [-0.4, -0.2) is 11.3 Å². The van der Waals surface area contributed by atoms with Gasteiger partial charge in [0.1, 0.15) is 5.69 Å². The molecule has 1 aromatic heterocycles. The third-order valence-corrected chi connectivity index (χ3v) is 2.18. The second-order valence-corrected chi connectivity index (χ2v) is 3.27. The summed E-state index contributed by atoms with van der Waals surface area (Å²) in [6.07, 6.45) is -8.18. The lowest BCUT2D eigenvalue weighted by Crippen LogP contribution is -2.14. The number of carbonyl (C=O) groups excluding carboxylic acids is 1. The Hall–Kier alpha value is -1.24. The summed E-state index contributed by atoms with van der Waals surface area (Å²) < 4.78 is 62.2. The van der Waals surface area contributed by atoms with Gasteiger partial charge in [-0.2, -0.15) is 13.2 Å². The molecule has 0 radical (unpaired) electrons. The Morgan fingerprint density at radius 2 is 2.00 bits per heavy atom. The highest BCUT2D eigenvalue weighted by Gasteiger charge is 2.36. The molecule has 0 saturated carbocycles. The van der Waals surface area contributed by atoms with E-state index >= 15 is 0 Å². The molecule has 1 aromatic rings. The highest BCUT2D eigenvalue weighted by atomic mass is 35.5. The Bertz CT molecular complexity index is 432. The van der Waals surface area contributed by atoms with E-state index < -0.39 is 41.0 Å². The van der Waals surface area contributed by atoms with Crippen LogP contribution >= 0.6 is 11.6 Å². The predicted molar refractivity (Wildman–Crippen MR) is 49.1 cm³/mol. The second kappa shape index (κ2) is 4.95. The number of halogens is 6. The average Bonchev–Trinajstić information content (AvgIpc) is 2.25. The molecule has 17 heavy (non-hydrogen) atoms. The minimum atomic E-state index is -4.91. The first kappa shape index (κ1) is 13.8. The van der Waals surface area contributed by atoms with E-state index in [1.807, 2.05) is 0 Å². The van der Waals surface area contributed by atoms with Crippen molar-refractivity contribution in [3.05, 3.63) is 28.6 Å². The molecule has 0 unspecified atom stereocenters. The Labute approximate surface area is 97.4 Å². The molecule has 0 bridgehead atoms. The van der Waals surface area contributed by atoms with Crippen LogP contribution in [0.5, 0.6) is 0 Å². The highest BCUT2D eigenvalue weighted by molar-refractivity contribution is 6.17. The van der Waals surface area contributed by atoms with Crippen molar-refractivity contribution in [3.63, 3.8) is 0 Å². The zero-order valence-electron chi connectivity index (χ0n) is 8.06. The summed E-state index contributed by atoms with van der Waals surface area (Å²) in [4.78, 5) is 13.8. The highest BCUT2D eigenvalue weighted by Crippen LogP contribution is 2.34. The number of carbonyl (C=O) groups is 1. The fraction of sp³-hybridized carbons (Fsp3) is 0.333. The van der Waals surface area contributed by atoms with E-state index in [9.17, 15) is 26.7 Å². The number of hydrogen-bond acceptors (Lipinski definition) is 2. The third kappa shape index (κ3) is 2.91. The SMILES string of the molecule is O=Cc1c(C(F)(F)F)cc(C(F)F)nc1CCl. The molecule has 1 rings (SSSR count). The summed E-state index contributed by atoms with van der Waals surface area (Å²) >= 11 is 5.28. The van der Waals surface area contributed by atoms with E-state index in [-0.39, 0.29) is 12.4 Å². The summed E-state index contributed by atoms with van der Waals surface area (Å²) in [5.41, 5.74) is -3.82. The zero-order valence-corrected chi connectivity index (χ0v) is 8.82. The van der Waals surface area contributed by atoms with Gasteiger partial charge in [0.05, 0.1) is 17.1 Å². The lowest BCUT2D eigenvalue weighted by Gasteiger charge is -2.13. The molecule has 0 aromatic carbocycles. The van der Waals surface area contributed by atoms with Gasteiger partial charge < -0.3 is 0 Å². The number of rotatable bonds is 3. The topological polar surface area (TPSA) is 30.0 Å². The number of aromatic nitrogens is 1. The van der Waals surface area contributed by atoms with E-state index in [4.69, 9.17) is 11.6 Å². The first-order valence-electron chi connectivity index (χ1n) is 4.21. The summed E-state index contributed by atoms with van der Waals surface area (Å²) in [5, 5.41) is 0. The molecule has 8 heteroatoms. The second-order valence-electron chi connectivity index (χ2n) is 3.00. The molecule has 0 spiro atoms. The van der Waals surface area contributed by atoms with Crippen molar-refractivity contribution in [3.8, 4) is 0 Å². The molecule has 0 N–H and O–H groups in total. The van der Waals surface area contributed by atoms with Gasteiger partial charge in [0.15, 0.2) is 6.29 Å². The summed E-state index contributed by atoms with van der Waals surface area (Å²) in [5.74, 6) is -0.558. The Morgan fingerprint density at radius 1 is 1.41 bits per heavy atom. The molecule has 1 heterocycles. The first-order chi connectivity index (χ1) is 7.81. The monoisotopic (exact) mass is 273 g/mol. The molecule has 0 aliphatic carbocycles. The van der Waals surface area contributed by atoms with Crippen LogP contribution in [0.4, 0.5) is 22.0 Å². The van der Waals surface area contributed by atoms with Gasteiger partial charge in [-0.15, -0.1) is 11.6 Å². The van der Waals surface area contributed by atoms with Crippen molar-refractivity contribution in [2.75, 3.05) is 0 Å². The van der Waals surface area contributed by atoms with Gasteiger partial charge >= 0.3 is 6.18 Å². The van der Waals surface area contributed by atoms with E-state index in [2.05, 4.69) is 4.98 Å². The smallest absolute Gasteiger partial charge is 0.298 e. The van der Waals surface area contributed by atoms with Crippen molar-refractivity contribution in [1.29, 1.82) is 0 Å². The first-order valence-corrected chi connectivity index (χ1v) is 4.75. The Morgan fingerprint density at radius 3 is 2.35 bits per heavy atom. The molecule has 0 atom stereocenters. The zero-order chi connectivity index (χ0) is 13.2. The number of hydrogen-bond donors (Lipinski definition) is 0. The van der Waals surface area contributed by atoms with Crippen LogP contribution in [0.3, 0.4) is 0 Å². The van der Waals surface area contributed by atoms with Gasteiger partial charge in [0, 0.05) is 5.56 Å². The van der Waals surface area contributed by atoms with Crippen molar-refractivity contribution in [2.45, 2.75) is 18.5 Å². The van der Waals surface area contributed by atoms with Crippen molar-refractivity contribution in [2.24, 2.45) is 0 Å². The Balaban J connectivity index is 3.54. The van der Waals surface area contributed by atoms with Crippen LogP contribution < -0.4 is 0 Å². The predicted octanol–water partition coefficient (Wildman–Crippen LogP) is 3.59. The fourth-order valence-corrected chi connectivity index (χ4v) is 1.41. The largest absolute Gasteiger partial charge is 0.417 e. The fourth-order valence-electron chi connectivity index (χ4n) is 1.21. The lowest BCUT2D eigenvalue weighted by atomic mass is 10.1. The maximum atomic E-state index is 12.5. The van der Waals surface area contributed by atoms with Crippen LogP contribution in [0.1, 0.15) is 33.7 Å². The van der Waals surface area contributed by atoms with Crippen LogP contribution in [0.15, 0.2) is 6.07 Å². The summed E-state index contributed by atoms with van der Waals surface area (Å²) in [7, 11) is 0. The normalized spacial score (nSPS) is 11.9. The molecule has 0 aliphatic rings. The molecule has 0 saturated heterocycles. The minimum absolute atomic E-state index is 0.0945. The average molecular weight is 274 g/mol. The summed E-state index contributed by atoms with van der Waals surface area (Å²) in [6.45, 7) is 0. The van der Waals surface area contributed by atoms with Gasteiger partial charge in [-0.3, -0.25) is 4.79 Å². The van der Waals surface area contributed by atoms with Crippen LogP contribution in [-0.2, 0) is 12.1 Å². The van der Waals surface area contributed by atoms with Gasteiger partial charge in [0.2, 0.25) is 0 Å². The quantitative estimate of drug-likeness (QED) is 0.478. The molecular weight excluding hydrogens is 269 g/mol. The van der Waals surface area contributed by atoms with Crippen molar-refractivity contribution < 1.29 is 26.7 Å². The number of nitrogens with zero attached hydrogens (tertiary/aromatic N) is 1. The number of aldehydes is 1. The molecule has 2 nitrogen and oxygen atoms in total. The summed E-state index contributed by atoms with van der Waals surface area (Å²) in [6, 6.07) is 0.157. The molecule has 0 aliphatic heterocycles. The molecule has 0 amide bonds. The van der Waals surface area contributed by atoms with E-state index in [0.29, 0.717) is 0 Å². The molecule has 0 fully saturated rings. The number of pyridine rings is 1. The standard InChI is InChI=1S/C9H5ClF5NO/c10-2-7-4(3-17)5(9(13,14)15)1-6(16-7)8(11)12/h1,3,8H,2H2. The Kier molecular flexibility index (Phi) is 4.03. The van der Waals surface area contributed by atoms with Gasteiger partial charge in [-0.05, 0) is 6.07 Å². The third-order valence-electron chi connectivity index (χ3n) is 1.93. The minimum Gasteiger partial charge on any atom is -0.298 e. The van der Waals surface area contributed by atoms with Gasteiger partial charge in [-0.25, -0.2) is 13.8 Å². The van der Waals surface area contributed by atoms with Gasteiger partial charge in [0.25, 0.3) is 6.43 Å². The lowest BCUT2D eigenvalue weighted by molar-refractivity contribution is -0.138. The molecular formula is C9H5ClF5NO. The van der Waals surface area contributed by atoms with Gasteiger partial charge in [-0.1, -0.05) is 0 Å². The van der Waals surface area contributed by atoms with E-state index in [0.717, 1.165) is 0 Å². The van der Waals surface area contributed by atoms with E-state index in [1.54, 1.807) is 0 Å². The maximum Gasteiger partial charge on any atom is 0.417 e. The van der Waals surface area contributed by atoms with Crippen LogP contribution in [0.2, 0.25) is 0 Å². The van der Waals surface area contributed by atoms with Crippen molar-refractivity contribution in [1.82, 2.24) is 4.98 Å². The van der Waals surface area contributed by atoms with Crippen LogP contribution in [0.25, 0.3) is 0 Å². The van der Waals surface area contributed by atoms with Crippen molar-refractivity contribution >= 4 is 17.9 Å². The van der Waals surface area contributed by atoms with E-state index in [1.165, 1.54) is 0 Å². The molecule has 94 valence electrons. The number of alkyl halides is 6.